The number of piperidine rings is 1. The third-order valence-corrected chi connectivity index (χ3v) is 4.52. The second-order valence-electron chi connectivity index (χ2n) is 6.21. The fraction of sp³-hybridized carbons (Fsp3) is 0.444. The van der Waals surface area contributed by atoms with Crippen LogP contribution in [0, 0.1) is 11.6 Å². The fourth-order valence-corrected chi connectivity index (χ4v) is 3.17. The molecule has 3 rings (SSSR count). The van der Waals surface area contributed by atoms with Crippen molar-refractivity contribution < 1.29 is 18.0 Å². The number of rotatable bonds is 5. The Morgan fingerprint density at radius 2 is 2.20 bits per heavy atom. The number of amides is 1. The molecule has 0 aliphatic carbocycles. The molecule has 1 atom stereocenters. The molecule has 1 aromatic carbocycles. The molecule has 1 aliphatic heterocycles. The maximum Gasteiger partial charge on any atom is 0.223 e. The first-order valence-electron chi connectivity index (χ1n) is 8.48. The van der Waals surface area contributed by atoms with Crippen LogP contribution in [0.1, 0.15) is 31.6 Å². The van der Waals surface area contributed by atoms with Crippen molar-refractivity contribution in [2.75, 3.05) is 13.1 Å². The third kappa shape index (κ3) is 4.04. The van der Waals surface area contributed by atoms with E-state index >= 15 is 0 Å². The molecule has 0 radical (unpaired) electrons. The maximum absolute atomic E-state index is 13.8. The van der Waals surface area contributed by atoms with E-state index in [1.165, 1.54) is 12.3 Å². The van der Waals surface area contributed by atoms with E-state index in [1.54, 1.807) is 0 Å². The van der Waals surface area contributed by atoms with Gasteiger partial charge < -0.3 is 15.1 Å². The van der Waals surface area contributed by atoms with Crippen molar-refractivity contribution in [3.8, 4) is 11.3 Å². The van der Waals surface area contributed by atoms with E-state index in [0.29, 0.717) is 18.9 Å². The number of carbonyl (C=O) groups excluding carboxylic acids is 1. The van der Waals surface area contributed by atoms with Crippen LogP contribution in [0.4, 0.5) is 8.78 Å². The standard InChI is InChI=1S/C18H21F2N3O2/c19-12-4-5-14(15(20)9-12)16-11-22-17(25-16)6-7-18(24)23-8-2-1-3-13(23)10-21/h4-5,9,11,13H,1-3,6-8,10,21H2. The molecule has 1 fully saturated rings. The van der Waals surface area contributed by atoms with Crippen LogP contribution >= 0.6 is 0 Å². The number of carbonyl (C=O) groups is 1. The Morgan fingerprint density at radius 1 is 1.36 bits per heavy atom. The minimum Gasteiger partial charge on any atom is -0.441 e. The summed E-state index contributed by atoms with van der Waals surface area (Å²) in [6, 6.07) is 3.37. The normalized spacial score (nSPS) is 17.7. The van der Waals surface area contributed by atoms with Gasteiger partial charge in [0.2, 0.25) is 5.91 Å². The van der Waals surface area contributed by atoms with Crippen LogP contribution in [0.3, 0.4) is 0 Å². The Balaban J connectivity index is 1.62. The van der Waals surface area contributed by atoms with Gasteiger partial charge in [0.25, 0.3) is 0 Å². The summed E-state index contributed by atoms with van der Waals surface area (Å²) >= 11 is 0. The van der Waals surface area contributed by atoms with Crippen molar-refractivity contribution in [3.63, 3.8) is 0 Å². The Labute approximate surface area is 144 Å². The predicted molar refractivity (Wildman–Crippen MR) is 88.6 cm³/mol. The Morgan fingerprint density at radius 3 is 2.96 bits per heavy atom. The van der Waals surface area contributed by atoms with Gasteiger partial charge in [-0.1, -0.05) is 0 Å². The molecular formula is C18H21F2N3O2. The van der Waals surface area contributed by atoms with Crippen LogP contribution < -0.4 is 5.73 Å². The topological polar surface area (TPSA) is 72.4 Å². The summed E-state index contributed by atoms with van der Waals surface area (Å²) in [5.41, 5.74) is 5.89. The first kappa shape index (κ1) is 17.5. The molecule has 5 nitrogen and oxygen atoms in total. The molecule has 1 unspecified atom stereocenters. The fourth-order valence-electron chi connectivity index (χ4n) is 3.17. The van der Waals surface area contributed by atoms with Crippen molar-refractivity contribution in [1.29, 1.82) is 0 Å². The highest BCUT2D eigenvalue weighted by atomic mass is 19.1. The van der Waals surface area contributed by atoms with Crippen molar-refractivity contribution in [3.05, 3.63) is 41.9 Å². The first-order chi connectivity index (χ1) is 12.1. The zero-order valence-corrected chi connectivity index (χ0v) is 13.9. The second-order valence-corrected chi connectivity index (χ2v) is 6.21. The van der Waals surface area contributed by atoms with Crippen LogP contribution in [0.15, 0.2) is 28.8 Å². The highest BCUT2D eigenvalue weighted by Gasteiger charge is 2.25. The van der Waals surface area contributed by atoms with E-state index in [0.717, 1.165) is 37.9 Å². The van der Waals surface area contributed by atoms with Crippen molar-refractivity contribution in [1.82, 2.24) is 9.88 Å². The Bertz CT molecular complexity index is 748. The predicted octanol–water partition coefficient (Wildman–Crippen LogP) is 2.89. The van der Waals surface area contributed by atoms with E-state index in [1.807, 2.05) is 4.90 Å². The molecule has 0 spiro atoms. The van der Waals surface area contributed by atoms with Crippen LogP contribution in [0.25, 0.3) is 11.3 Å². The van der Waals surface area contributed by atoms with Gasteiger partial charge in [0.1, 0.15) is 11.6 Å². The van der Waals surface area contributed by atoms with Crippen molar-refractivity contribution in [2.45, 2.75) is 38.1 Å². The number of hydrogen-bond acceptors (Lipinski definition) is 4. The lowest BCUT2D eigenvalue weighted by molar-refractivity contribution is -0.134. The number of benzene rings is 1. The number of nitrogens with zero attached hydrogens (tertiary/aromatic N) is 2. The van der Waals surface area contributed by atoms with Gasteiger partial charge in [-0.3, -0.25) is 4.79 Å². The number of likely N-dealkylation sites (tertiary alicyclic amines) is 1. The van der Waals surface area contributed by atoms with Gasteiger partial charge in [-0.25, -0.2) is 13.8 Å². The average molecular weight is 349 g/mol. The average Bonchev–Trinajstić information content (AvgIpc) is 3.08. The third-order valence-electron chi connectivity index (χ3n) is 4.52. The maximum atomic E-state index is 13.8. The van der Waals surface area contributed by atoms with Gasteiger partial charge in [-0.2, -0.15) is 0 Å². The number of oxazole rings is 1. The summed E-state index contributed by atoms with van der Waals surface area (Å²) in [5.74, 6) is -0.755. The van der Waals surface area contributed by atoms with Crippen LogP contribution in [-0.4, -0.2) is 34.9 Å². The van der Waals surface area contributed by atoms with E-state index in [-0.39, 0.29) is 29.7 Å². The van der Waals surface area contributed by atoms with Crippen molar-refractivity contribution >= 4 is 5.91 Å². The molecule has 1 saturated heterocycles. The minimum absolute atomic E-state index is 0.0304. The highest BCUT2D eigenvalue weighted by Crippen LogP contribution is 2.25. The molecule has 2 aromatic rings. The molecule has 2 N–H and O–H groups in total. The summed E-state index contributed by atoms with van der Waals surface area (Å²) < 4.78 is 32.3. The van der Waals surface area contributed by atoms with E-state index in [2.05, 4.69) is 4.98 Å². The molecule has 1 aromatic heterocycles. The smallest absolute Gasteiger partial charge is 0.223 e. The molecule has 134 valence electrons. The lowest BCUT2D eigenvalue weighted by Crippen LogP contribution is -2.47. The Hall–Kier alpha value is -2.28. The van der Waals surface area contributed by atoms with Gasteiger partial charge in [-0.15, -0.1) is 0 Å². The van der Waals surface area contributed by atoms with Crippen LogP contribution in [0.2, 0.25) is 0 Å². The van der Waals surface area contributed by atoms with E-state index in [9.17, 15) is 13.6 Å². The summed E-state index contributed by atoms with van der Waals surface area (Å²) in [6.45, 7) is 1.21. The van der Waals surface area contributed by atoms with Gasteiger partial charge in [0.15, 0.2) is 11.7 Å². The lowest BCUT2D eigenvalue weighted by atomic mass is 10.0. The summed E-state index contributed by atoms with van der Waals surface area (Å²) in [6.07, 6.45) is 5.01. The summed E-state index contributed by atoms with van der Waals surface area (Å²) in [7, 11) is 0. The molecule has 0 saturated carbocycles. The minimum atomic E-state index is -0.710. The van der Waals surface area contributed by atoms with Crippen molar-refractivity contribution in [2.24, 2.45) is 5.73 Å². The molecule has 25 heavy (non-hydrogen) atoms. The monoisotopic (exact) mass is 349 g/mol. The largest absolute Gasteiger partial charge is 0.441 e. The highest BCUT2D eigenvalue weighted by molar-refractivity contribution is 5.76. The molecular weight excluding hydrogens is 328 g/mol. The van der Waals surface area contributed by atoms with E-state index < -0.39 is 11.6 Å². The lowest BCUT2D eigenvalue weighted by Gasteiger charge is -2.35. The van der Waals surface area contributed by atoms with Gasteiger partial charge in [-0.05, 0) is 31.4 Å². The molecule has 1 amide bonds. The van der Waals surface area contributed by atoms with Crippen LogP contribution in [-0.2, 0) is 11.2 Å². The van der Waals surface area contributed by atoms with Gasteiger partial charge >= 0.3 is 0 Å². The number of nitrogens with two attached hydrogens (primary N) is 1. The van der Waals surface area contributed by atoms with E-state index in [4.69, 9.17) is 10.2 Å². The summed E-state index contributed by atoms with van der Waals surface area (Å²) in [5, 5.41) is 0. The quantitative estimate of drug-likeness (QED) is 0.901. The Kier molecular flexibility index (Phi) is 5.43. The zero-order valence-electron chi connectivity index (χ0n) is 13.9. The number of hydrogen-bond donors (Lipinski definition) is 1. The molecule has 2 heterocycles. The number of aryl methyl sites for hydroxylation is 1. The number of aromatic nitrogens is 1. The molecule has 7 heteroatoms. The van der Waals surface area contributed by atoms with Gasteiger partial charge in [0, 0.05) is 38.0 Å². The van der Waals surface area contributed by atoms with Gasteiger partial charge in [0.05, 0.1) is 11.8 Å². The van der Waals surface area contributed by atoms with Crippen LogP contribution in [0.5, 0.6) is 0 Å². The SMILES string of the molecule is NCC1CCCCN1C(=O)CCc1ncc(-c2ccc(F)cc2F)o1. The molecule has 1 aliphatic rings. The summed E-state index contributed by atoms with van der Waals surface area (Å²) in [4.78, 5) is 18.3. The first-order valence-corrected chi connectivity index (χ1v) is 8.48. The number of halogens is 2. The second kappa shape index (κ2) is 7.74. The molecule has 0 bridgehead atoms. The zero-order chi connectivity index (χ0) is 17.8.